The van der Waals surface area contributed by atoms with Gasteiger partial charge in [0.15, 0.2) is 0 Å². The maximum Gasteiger partial charge on any atom is 0.133 e. The third-order valence-electron chi connectivity index (χ3n) is 3.72. The van der Waals surface area contributed by atoms with Crippen LogP contribution in [-0.2, 0) is 4.74 Å². The molecule has 0 spiro atoms. The van der Waals surface area contributed by atoms with Crippen LogP contribution in [0.5, 0.6) is 0 Å². The number of morpholine rings is 1. The first-order valence-electron chi connectivity index (χ1n) is 7.31. The molecule has 3 rings (SSSR count). The maximum absolute atomic E-state index is 5.36. The number of pyridine rings is 1. The van der Waals surface area contributed by atoms with E-state index in [4.69, 9.17) is 4.74 Å². The molecule has 4 nitrogen and oxygen atoms in total. The monoisotopic (exact) mass is 271 g/mol. The van der Waals surface area contributed by atoms with Gasteiger partial charge in [0, 0.05) is 31.2 Å². The quantitative estimate of drug-likeness (QED) is 0.847. The normalized spacial score (nSPS) is 16.4. The van der Waals surface area contributed by atoms with E-state index in [0.29, 0.717) is 0 Å². The third-order valence-corrected chi connectivity index (χ3v) is 3.72. The van der Waals surface area contributed by atoms with Crippen LogP contribution in [0.25, 0.3) is 10.8 Å². The van der Waals surface area contributed by atoms with E-state index in [1.807, 2.05) is 12.3 Å². The molecule has 2 aromatic rings. The molecule has 1 N–H and O–H groups in total. The van der Waals surface area contributed by atoms with Crippen molar-refractivity contribution >= 4 is 16.6 Å². The Morgan fingerprint density at radius 3 is 2.90 bits per heavy atom. The Labute approximate surface area is 119 Å². The molecule has 1 aromatic heterocycles. The van der Waals surface area contributed by atoms with Crippen molar-refractivity contribution in [1.29, 1.82) is 0 Å². The highest BCUT2D eigenvalue weighted by molar-refractivity contribution is 5.91. The summed E-state index contributed by atoms with van der Waals surface area (Å²) in [6.45, 7) is 5.95. The number of ether oxygens (including phenoxy) is 1. The number of aromatic nitrogens is 1. The van der Waals surface area contributed by atoms with E-state index in [2.05, 4.69) is 39.5 Å². The molecular weight excluding hydrogens is 250 g/mol. The van der Waals surface area contributed by atoms with E-state index in [1.54, 1.807) is 0 Å². The van der Waals surface area contributed by atoms with Crippen molar-refractivity contribution in [2.75, 3.05) is 44.7 Å². The predicted molar refractivity (Wildman–Crippen MR) is 82.1 cm³/mol. The summed E-state index contributed by atoms with van der Waals surface area (Å²) in [6, 6.07) is 10.4. The summed E-state index contributed by atoms with van der Waals surface area (Å²) in [7, 11) is 0. The van der Waals surface area contributed by atoms with Gasteiger partial charge in [0.25, 0.3) is 0 Å². The Morgan fingerprint density at radius 2 is 2.00 bits per heavy atom. The molecule has 0 atom stereocenters. The molecule has 0 amide bonds. The van der Waals surface area contributed by atoms with Gasteiger partial charge in [-0.3, -0.25) is 4.90 Å². The van der Waals surface area contributed by atoms with Crippen molar-refractivity contribution in [2.24, 2.45) is 0 Å². The van der Waals surface area contributed by atoms with Crippen LogP contribution in [0.4, 0.5) is 5.82 Å². The van der Waals surface area contributed by atoms with E-state index in [1.165, 1.54) is 10.8 Å². The second kappa shape index (κ2) is 6.68. The first kappa shape index (κ1) is 13.3. The lowest BCUT2D eigenvalue weighted by atomic mass is 10.1. The summed E-state index contributed by atoms with van der Waals surface area (Å²) in [4.78, 5) is 6.91. The highest BCUT2D eigenvalue weighted by atomic mass is 16.5. The number of fused-ring (bicyclic) bond motifs is 1. The lowest BCUT2D eigenvalue weighted by Gasteiger charge is -2.26. The van der Waals surface area contributed by atoms with E-state index in [9.17, 15) is 0 Å². The van der Waals surface area contributed by atoms with Crippen LogP contribution in [0.1, 0.15) is 6.42 Å². The Kier molecular flexibility index (Phi) is 4.46. The van der Waals surface area contributed by atoms with Gasteiger partial charge in [-0.1, -0.05) is 24.3 Å². The zero-order valence-electron chi connectivity index (χ0n) is 11.7. The van der Waals surface area contributed by atoms with Gasteiger partial charge < -0.3 is 10.1 Å². The molecule has 0 radical (unpaired) electrons. The van der Waals surface area contributed by atoms with Gasteiger partial charge in [-0.25, -0.2) is 4.98 Å². The van der Waals surface area contributed by atoms with Crippen molar-refractivity contribution in [3.05, 3.63) is 36.5 Å². The molecule has 1 aromatic carbocycles. The van der Waals surface area contributed by atoms with E-state index >= 15 is 0 Å². The van der Waals surface area contributed by atoms with Crippen molar-refractivity contribution in [1.82, 2.24) is 9.88 Å². The van der Waals surface area contributed by atoms with Crippen LogP contribution in [0, 0.1) is 0 Å². The number of rotatable bonds is 5. The Balaban J connectivity index is 1.52. The Hall–Kier alpha value is -1.65. The topological polar surface area (TPSA) is 37.4 Å². The average Bonchev–Trinajstić information content (AvgIpc) is 2.53. The molecule has 0 unspecified atom stereocenters. The summed E-state index contributed by atoms with van der Waals surface area (Å²) in [5.41, 5.74) is 0. The molecule has 0 aliphatic carbocycles. The van der Waals surface area contributed by atoms with E-state index < -0.39 is 0 Å². The number of nitrogens with one attached hydrogen (secondary N) is 1. The molecule has 0 saturated carbocycles. The van der Waals surface area contributed by atoms with Crippen molar-refractivity contribution < 1.29 is 4.74 Å². The summed E-state index contributed by atoms with van der Waals surface area (Å²) in [5.74, 6) is 0.991. The molecule has 1 saturated heterocycles. The van der Waals surface area contributed by atoms with Gasteiger partial charge in [0.2, 0.25) is 0 Å². The van der Waals surface area contributed by atoms with Gasteiger partial charge in [-0.15, -0.1) is 0 Å². The van der Waals surface area contributed by atoms with Crippen LogP contribution in [0.15, 0.2) is 36.5 Å². The van der Waals surface area contributed by atoms with Gasteiger partial charge in [-0.05, 0) is 24.4 Å². The van der Waals surface area contributed by atoms with Gasteiger partial charge in [0.1, 0.15) is 5.82 Å². The molecule has 1 aliphatic heterocycles. The van der Waals surface area contributed by atoms with Crippen molar-refractivity contribution in [3.8, 4) is 0 Å². The zero-order chi connectivity index (χ0) is 13.6. The molecule has 4 heteroatoms. The lowest BCUT2D eigenvalue weighted by Crippen LogP contribution is -2.37. The van der Waals surface area contributed by atoms with Crippen molar-refractivity contribution in [2.45, 2.75) is 6.42 Å². The SMILES string of the molecule is c1ccc2c(NCCCN3CCOCC3)nccc2c1. The first-order valence-corrected chi connectivity index (χ1v) is 7.31. The molecule has 20 heavy (non-hydrogen) atoms. The van der Waals surface area contributed by atoms with Gasteiger partial charge in [0.05, 0.1) is 13.2 Å². The van der Waals surface area contributed by atoms with Crippen LogP contribution >= 0.6 is 0 Å². The minimum absolute atomic E-state index is 0.873. The van der Waals surface area contributed by atoms with Crippen LogP contribution < -0.4 is 5.32 Å². The largest absolute Gasteiger partial charge is 0.379 e. The highest BCUT2D eigenvalue weighted by Gasteiger charge is 2.09. The van der Waals surface area contributed by atoms with Gasteiger partial charge >= 0.3 is 0 Å². The predicted octanol–water partition coefficient (Wildman–Crippen LogP) is 2.37. The smallest absolute Gasteiger partial charge is 0.133 e. The summed E-state index contributed by atoms with van der Waals surface area (Å²) in [6.07, 6.45) is 3.00. The molecule has 0 bridgehead atoms. The number of benzene rings is 1. The minimum Gasteiger partial charge on any atom is -0.379 e. The second-order valence-corrected chi connectivity index (χ2v) is 5.12. The summed E-state index contributed by atoms with van der Waals surface area (Å²) in [5, 5.41) is 5.89. The molecule has 2 heterocycles. The van der Waals surface area contributed by atoms with Crippen LogP contribution in [0.3, 0.4) is 0 Å². The fraction of sp³-hybridized carbons (Fsp3) is 0.438. The lowest BCUT2D eigenvalue weighted by molar-refractivity contribution is 0.0378. The van der Waals surface area contributed by atoms with Crippen LogP contribution in [-0.4, -0.2) is 49.3 Å². The number of anilines is 1. The number of nitrogens with zero attached hydrogens (tertiary/aromatic N) is 2. The zero-order valence-corrected chi connectivity index (χ0v) is 11.7. The van der Waals surface area contributed by atoms with Crippen molar-refractivity contribution in [3.63, 3.8) is 0 Å². The van der Waals surface area contributed by atoms with E-state index in [-0.39, 0.29) is 0 Å². The third kappa shape index (κ3) is 3.26. The molecule has 106 valence electrons. The first-order chi connectivity index (χ1) is 9.93. The Bertz CT molecular complexity index is 547. The Morgan fingerprint density at radius 1 is 1.15 bits per heavy atom. The van der Waals surface area contributed by atoms with Crippen LogP contribution in [0.2, 0.25) is 0 Å². The fourth-order valence-corrected chi connectivity index (χ4v) is 2.59. The number of hydrogen-bond donors (Lipinski definition) is 1. The highest BCUT2D eigenvalue weighted by Crippen LogP contribution is 2.20. The second-order valence-electron chi connectivity index (χ2n) is 5.12. The number of hydrogen-bond acceptors (Lipinski definition) is 4. The summed E-state index contributed by atoms with van der Waals surface area (Å²) >= 11 is 0. The minimum atomic E-state index is 0.873. The average molecular weight is 271 g/mol. The molecular formula is C16H21N3O. The fourth-order valence-electron chi connectivity index (χ4n) is 2.59. The maximum atomic E-state index is 5.36. The van der Waals surface area contributed by atoms with E-state index in [0.717, 1.165) is 51.6 Å². The van der Waals surface area contributed by atoms with Gasteiger partial charge in [-0.2, -0.15) is 0 Å². The summed E-state index contributed by atoms with van der Waals surface area (Å²) < 4.78 is 5.36. The molecule has 1 aliphatic rings. The molecule has 1 fully saturated rings. The standard InChI is InChI=1S/C16H21N3O/c1-2-5-15-14(4-1)6-8-18-16(15)17-7-3-9-19-10-12-20-13-11-19/h1-2,4-6,8H,3,7,9-13H2,(H,17,18).